The van der Waals surface area contributed by atoms with Crippen molar-refractivity contribution in [3.8, 4) is 0 Å². The SMILES string of the molecule is Cc1nc(SCc2cccc(S(=O)(=O)N(C)C)c2)n(C2CCCCC2)c1C. The Hall–Kier alpha value is -1.31. The van der Waals surface area contributed by atoms with Gasteiger partial charge in [0.15, 0.2) is 5.16 Å². The van der Waals surface area contributed by atoms with Gasteiger partial charge in [0, 0.05) is 31.6 Å². The van der Waals surface area contributed by atoms with Gasteiger partial charge in [-0.2, -0.15) is 0 Å². The van der Waals surface area contributed by atoms with Crippen LogP contribution in [0.15, 0.2) is 34.3 Å². The van der Waals surface area contributed by atoms with Crippen molar-refractivity contribution in [3.05, 3.63) is 41.2 Å². The lowest BCUT2D eigenvalue weighted by molar-refractivity contribution is 0.332. The van der Waals surface area contributed by atoms with Gasteiger partial charge in [0.05, 0.1) is 10.6 Å². The highest BCUT2D eigenvalue weighted by Crippen LogP contribution is 2.35. The van der Waals surface area contributed by atoms with Crippen LogP contribution in [0.1, 0.15) is 55.1 Å². The molecule has 3 rings (SSSR count). The van der Waals surface area contributed by atoms with E-state index in [4.69, 9.17) is 4.98 Å². The minimum Gasteiger partial charge on any atom is -0.320 e. The highest BCUT2D eigenvalue weighted by Gasteiger charge is 2.22. The summed E-state index contributed by atoms with van der Waals surface area (Å²) in [6.07, 6.45) is 6.35. The summed E-state index contributed by atoms with van der Waals surface area (Å²) in [5.74, 6) is 0.708. The van der Waals surface area contributed by atoms with Crippen LogP contribution in [0.5, 0.6) is 0 Å². The number of hydrogen-bond donors (Lipinski definition) is 0. The number of sulfonamides is 1. The predicted octanol–water partition coefficient (Wildman–Crippen LogP) is 4.55. The average molecular weight is 408 g/mol. The van der Waals surface area contributed by atoms with Gasteiger partial charge in [0.1, 0.15) is 0 Å². The third-order valence-corrected chi connectivity index (χ3v) is 8.17. The van der Waals surface area contributed by atoms with Gasteiger partial charge in [-0.1, -0.05) is 43.2 Å². The predicted molar refractivity (Wildman–Crippen MR) is 111 cm³/mol. The number of aryl methyl sites for hydroxylation is 1. The summed E-state index contributed by atoms with van der Waals surface area (Å²) < 4.78 is 28.4. The van der Waals surface area contributed by atoms with E-state index in [1.54, 1.807) is 38.0 Å². The molecule has 0 bridgehead atoms. The molecule has 7 heteroatoms. The highest BCUT2D eigenvalue weighted by atomic mass is 32.2. The summed E-state index contributed by atoms with van der Waals surface area (Å²) in [5.41, 5.74) is 3.34. The number of hydrogen-bond acceptors (Lipinski definition) is 4. The van der Waals surface area contributed by atoms with Crippen LogP contribution < -0.4 is 0 Å². The van der Waals surface area contributed by atoms with E-state index >= 15 is 0 Å². The molecule has 0 spiro atoms. The van der Waals surface area contributed by atoms with E-state index < -0.39 is 10.0 Å². The Morgan fingerprint density at radius 3 is 2.56 bits per heavy atom. The van der Waals surface area contributed by atoms with Crippen molar-refractivity contribution in [2.75, 3.05) is 14.1 Å². The fraction of sp³-hybridized carbons (Fsp3) is 0.550. The topological polar surface area (TPSA) is 55.2 Å². The summed E-state index contributed by atoms with van der Waals surface area (Å²) in [6, 6.07) is 7.77. The fourth-order valence-corrected chi connectivity index (χ4v) is 5.70. The lowest BCUT2D eigenvalue weighted by Crippen LogP contribution is -2.22. The van der Waals surface area contributed by atoms with E-state index in [-0.39, 0.29) is 0 Å². The van der Waals surface area contributed by atoms with Gasteiger partial charge in [-0.15, -0.1) is 0 Å². The van der Waals surface area contributed by atoms with Crippen molar-refractivity contribution >= 4 is 21.8 Å². The van der Waals surface area contributed by atoms with Gasteiger partial charge in [0.2, 0.25) is 10.0 Å². The molecule has 2 aromatic rings. The molecule has 0 radical (unpaired) electrons. The fourth-order valence-electron chi connectivity index (χ4n) is 3.62. The summed E-state index contributed by atoms with van der Waals surface area (Å²) >= 11 is 1.70. The average Bonchev–Trinajstić information content (AvgIpc) is 2.95. The number of benzene rings is 1. The normalized spacial score (nSPS) is 16.2. The number of thioether (sulfide) groups is 1. The van der Waals surface area contributed by atoms with Crippen molar-refractivity contribution in [1.29, 1.82) is 0 Å². The molecule has 27 heavy (non-hydrogen) atoms. The first-order valence-corrected chi connectivity index (χ1v) is 11.9. The van der Waals surface area contributed by atoms with E-state index in [1.807, 2.05) is 12.1 Å². The molecule has 148 valence electrons. The van der Waals surface area contributed by atoms with Crippen LogP contribution in [0.25, 0.3) is 0 Å². The zero-order valence-electron chi connectivity index (χ0n) is 16.6. The monoisotopic (exact) mass is 407 g/mol. The number of aromatic nitrogens is 2. The molecule has 5 nitrogen and oxygen atoms in total. The molecule has 1 saturated carbocycles. The van der Waals surface area contributed by atoms with Gasteiger partial charge >= 0.3 is 0 Å². The van der Waals surface area contributed by atoms with Crippen molar-refractivity contribution in [2.24, 2.45) is 0 Å². The standard InChI is InChI=1S/C20H29N3O2S2/c1-15-16(2)23(18-10-6-5-7-11-18)20(21-15)26-14-17-9-8-12-19(13-17)27(24,25)22(3)4/h8-9,12-13,18H,5-7,10-11,14H2,1-4H3. The van der Waals surface area contributed by atoms with Crippen LogP contribution in [0.4, 0.5) is 0 Å². The Balaban J connectivity index is 1.81. The maximum absolute atomic E-state index is 12.4. The maximum atomic E-state index is 12.4. The Morgan fingerprint density at radius 1 is 1.19 bits per heavy atom. The molecule has 0 saturated heterocycles. The van der Waals surface area contributed by atoms with Crippen molar-refractivity contribution in [2.45, 2.75) is 67.8 Å². The van der Waals surface area contributed by atoms with Gasteiger partial charge < -0.3 is 4.57 Å². The molecule has 0 N–H and O–H groups in total. The molecule has 1 aromatic carbocycles. The lowest BCUT2D eigenvalue weighted by atomic mass is 9.95. The third-order valence-electron chi connectivity index (χ3n) is 5.34. The lowest BCUT2D eigenvalue weighted by Gasteiger charge is -2.26. The van der Waals surface area contributed by atoms with E-state index in [0.29, 0.717) is 16.7 Å². The summed E-state index contributed by atoms with van der Waals surface area (Å²) in [5, 5.41) is 1.05. The molecular weight excluding hydrogens is 378 g/mol. The van der Waals surface area contributed by atoms with E-state index in [9.17, 15) is 8.42 Å². The largest absolute Gasteiger partial charge is 0.320 e. The highest BCUT2D eigenvalue weighted by molar-refractivity contribution is 7.98. The first-order valence-electron chi connectivity index (χ1n) is 9.50. The second-order valence-electron chi connectivity index (χ2n) is 7.45. The van der Waals surface area contributed by atoms with Crippen molar-refractivity contribution in [3.63, 3.8) is 0 Å². The summed E-state index contributed by atoms with van der Waals surface area (Å²) in [7, 11) is -0.289. The summed E-state index contributed by atoms with van der Waals surface area (Å²) in [6.45, 7) is 4.23. The van der Waals surface area contributed by atoms with Crippen LogP contribution in [0.2, 0.25) is 0 Å². The molecular formula is C20H29N3O2S2. The maximum Gasteiger partial charge on any atom is 0.242 e. The zero-order valence-corrected chi connectivity index (χ0v) is 18.2. The van der Waals surface area contributed by atoms with Crippen LogP contribution in [-0.2, 0) is 15.8 Å². The first kappa shape index (κ1) is 20.4. The van der Waals surface area contributed by atoms with Gasteiger partial charge in [-0.3, -0.25) is 0 Å². The molecule has 1 aliphatic rings. The summed E-state index contributed by atoms with van der Waals surface area (Å²) in [4.78, 5) is 5.14. The Kier molecular flexibility index (Phi) is 6.33. The van der Waals surface area contributed by atoms with E-state index in [0.717, 1.165) is 16.4 Å². The van der Waals surface area contributed by atoms with Crippen molar-refractivity contribution < 1.29 is 8.42 Å². The number of rotatable bonds is 6. The number of nitrogens with zero attached hydrogens (tertiary/aromatic N) is 3. The number of imidazole rings is 1. The molecule has 1 heterocycles. The molecule has 0 amide bonds. The minimum atomic E-state index is -3.41. The van der Waals surface area contributed by atoms with Crippen molar-refractivity contribution in [1.82, 2.24) is 13.9 Å². The Bertz CT molecular complexity index is 898. The molecule has 0 unspecified atom stereocenters. The van der Waals surface area contributed by atoms with Crippen LogP contribution in [-0.4, -0.2) is 36.4 Å². The molecule has 0 atom stereocenters. The quantitative estimate of drug-likeness (QED) is 0.659. The van der Waals surface area contributed by atoms with Gasteiger partial charge in [0.25, 0.3) is 0 Å². The van der Waals surface area contributed by atoms with Crippen LogP contribution in [0, 0.1) is 13.8 Å². The van der Waals surface area contributed by atoms with Crippen LogP contribution >= 0.6 is 11.8 Å². The van der Waals surface area contributed by atoms with Gasteiger partial charge in [-0.05, 0) is 44.4 Å². The third kappa shape index (κ3) is 4.41. The minimum absolute atomic E-state index is 0.341. The van der Waals surface area contributed by atoms with E-state index in [1.165, 1.54) is 42.1 Å². The Morgan fingerprint density at radius 2 is 1.89 bits per heavy atom. The molecule has 1 fully saturated rings. The van der Waals surface area contributed by atoms with Gasteiger partial charge in [-0.25, -0.2) is 17.7 Å². The Labute approximate surface area is 167 Å². The second kappa shape index (κ2) is 8.37. The molecule has 1 aromatic heterocycles. The van der Waals surface area contributed by atoms with E-state index in [2.05, 4.69) is 18.4 Å². The smallest absolute Gasteiger partial charge is 0.242 e. The zero-order chi connectivity index (χ0) is 19.6. The molecule has 1 aliphatic carbocycles. The first-order chi connectivity index (χ1) is 12.8. The second-order valence-corrected chi connectivity index (χ2v) is 10.5. The molecule has 0 aliphatic heterocycles. The van der Waals surface area contributed by atoms with Crippen LogP contribution in [0.3, 0.4) is 0 Å².